The Bertz CT molecular complexity index is 605. The lowest BCUT2D eigenvalue weighted by atomic mass is 9.99. The van der Waals surface area contributed by atoms with Crippen LogP contribution in [0.2, 0.25) is 0 Å². The molecule has 5 heteroatoms. The van der Waals surface area contributed by atoms with Gasteiger partial charge >= 0.3 is 0 Å². The van der Waals surface area contributed by atoms with E-state index in [1.165, 1.54) is 12.3 Å². The summed E-state index contributed by atoms with van der Waals surface area (Å²) in [5, 5.41) is 3.27. The van der Waals surface area contributed by atoms with Crippen LogP contribution < -0.4 is 5.32 Å². The van der Waals surface area contributed by atoms with E-state index in [4.69, 9.17) is 0 Å². The molecule has 0 aliphatic rings. The number of pyridine rings is 1. The Labute approximate surface area is 131 Å². The van der Waals surface area contributed by atoms with Crippen molar-refractivity contribution < 1.29 is 8.78 Å². The molecule has 0 aliphatic carbocycles. The highest BCUT2D eigenvalue weighted by Gasteiger charge is 2.17. The van der Waals surface area contributed by atoms with Crippen molar-refractivity contribution in [3.05, 3.63) is 63.9 Å². The lowest BCUT2D eigenvalue weighted by Crippen LogP contribution is -2.25. The number of nitrogens with zero attached hydrogens (tertiary/aromatic N) is 1. The van der Waals surface area contributed by atoms with Gasteiger partial charge in [-0.3, -0.25) is 4.98 Å². The van der Waals surface area contributed by atoms with E-state index in [1.807, 2.05) is 6.92 Å². The first-order valence-corrected chi connectivity index (χ1v) is 7.67. The molecule has 0 amide bonds. The van der Waals surface area contributed by atoms with Crippen molar-refractivity contribution in [3.63, 3.8) is 0 Å². The molecule has 0 saturated carbocycles. The molecule has 1 aromatic heterocycles. The predicted octanol–water partition coefficient (Wildman–Crippen LogP) is 4.41. The molecule has 1 heterocycles. The van der Waals surface area contributed by atoms with Gasteiger partial charge < -0.3 is 5.32 Å². The second-order valence-corrected chi connectivity index (χ2v) is 5.76. The maximum atomic E-state index is 13.9. The van der Waals surface area contributed by atoms with Crippen LogP contribution in [0.4, 0.5) is 8.78 Å². The van der Waals surface area contributed by atoms with Crippen LogP contribution in [0, 0.1) is 11.6 Å². The first-order valence-electron chi connectivity index (χ1n) is 6.88. The second kappa shape index (κ2) is 7.61. The van der Waals surface area contributed by atoms with Crippen LogP contribution in [0.25, 0.3) is 0 Å². The molecule has 1 unspecified atom stereocenters. The summed E-state index contributed by atoms with van der Waals surface area (Å²) < 4.78 is 28.7. The molecule has 21 heavy (non-hydrogen) atoms. The highest BCUT2D eigenvalue weighted by Crippen LogP contribution is 2.24. The van der Waals surface area contributed by atoms with Crippen LogP contribution in [0.3, 0.4) is 0 Å². The average Bonchev–Trinajstić information content (AvgIpc) is 2.48. The molecule has 0 fully saturated rings. The van der Waals surface area contributed by atoms with Crippen molar-refractivity contribution in [2.75, 3.05) is 6.54 Å². The molecule has 0 bridgehead atoms. The van der Waals surface area contributed by atoms with Crippen molar-refractivity contribution in [1.29, 1.82) is 0 Å². The first-order chi connectivity index (χ1) is 10.1. The maximum Gasteiger partial charge on any atom is 0.146 e. The van der Waals surface area contributed by atoms with E-state index < -0.39 is 0 Å². The summed E-state index contributed by atoms with van der Waals surface area (Å²) in [4.78, 5) is 3.76. The van der Waals surface area contributed by atoms with E-state index in [-0.39, 0.29) is 17.7 Å². The fourth-order valence-corrected chi connectivity index (χ4v) is 2.61. The Morgan fingerprint density at radius 3 is 2.76 bits per heavy atom. The van der Waals surface area contributed by atoms with Crippen LogP contribution in [0.5, 0.6) is 0 Å². The Hall–Kier alpha value is -1.33. The minimum atomic E-state index is -0.374. The molecule has 1 atom stereocenters. The summed E-state index contributed by atoms with van der Waals surface area (Å²) in [7, 11) is 0. The normalized spacial score (nSPS) is 12.4. The van der Waals surface area contributed by atoms with Crippen molar-refractivity contribution in [1.82, 2.24) is 10.3 Å². The summed E-state index contributed by atoms with van der Waals surface area (Å²) in [5.41, 5.74) is 1.06. The van der Waals surface area contributed by atoms with E-state index in [9.17, 15) is 8.78 Å². The maximum absolute atomic E-state index is 13.9. The van der Waals surface area contributed by atoms with Gasteiger partial charge in [-0.05, 0) is 49.2 Å². The van der Waals surface area contributed by atoms with Crippen LogP contribution in [-0.4, -0.2) is 11.5 Å². The standard InChI is InChI=1S/C16H17BrF2N2/c1-2-6-21-16(13-5-7-20-10-15(13)19)9-11-8-12(17)3-4-14(11)18/h3-5,7-8,10,16,21H,2,6,9H2,1H3. The molecule has 2 aromatic rings. The van der Waals surface area contributed by atoms with Gasteiger partial charge in [-0.25, -0.2) is 8.78 Å². The smallest absolute Gasteiger partial charge is 0.146 e. The minimum Gasteiger partial charge on any atom is -0.310 e. The lowest BCUT2D eigenvalue weighted by Gasteiger charge is -2.20. The molecule has 0 radical (unpaired) electrons. The summed E-state index contributed by atoms with van der Waals surface area (Å²) in [6, 6.07) is 6.16. The van der Waals surface area contributed by atoms with Gasteiger partial charge in [0.1, 0.15) is 11.6 Å². The predicted molar refractivity (Wildman–Crippen MR) is 83.0 cm³/mol. The lowest BCUT2D eigenvalue weighted by molar-refractivity contribution is 0.485. The summed E-state index contributed by atoms with van der Waals surface area (Å²) in [6.07, 6.45) is 4.04. The van der Waals surface area contributed by atoms with Gasteiger partial charge in [-0.15, -0.1) is 0 Å². The average molecular weight is 355 g/mol. The number of hydrogen-bond donors (Lipinski definition) is 1. The number of benzene rings is 1. The first kappa shape index (κ1) is 16.0. The fraction of sp³-hybridized carbons (Fsp3) is 0.312. The number of hydrogen-bond acceptors (Lipinski definition) is 2. The zero-order valence-electron chi connectivity index (χ0n) is 11.7. The number of rotatable bonds is 6. The summed E-state index contributed by atoms with van der Waals surface area (Å²) >= 11 is 3.34. The van der Waals surface area contributed by atoms with Crippen LogP contribution in [-0.2, 0) is 6.42 Å². The molecular formula is C16H17BrF2N2. The van der Waals surface area contributed by atoms with E-state index in [2.05, 4.69) is 26.2 Å². The SMILES string of the molecule is CCCNC(Cc1cc(Br)ccc1F)c1ccncc1F. The van der Waals surface area contributed by atoms with Crippen molar-refractivity contribution in [2.45, 2.75) is 25.8 Å². The van der Waals surface area contributed by atoms with Crippen molar-refractivity contribution in [3.8, 4) is 0 Å². The fourth-order valence-electron chi connectivity index (χ4n) is 2.20. The molecule has 0 saturated heterocycles. The van der Waals surface area contributed by atoms with E-state index >= 15 is 0 Å². The summed E-state index contributed by atoms with van der Waals surface area (Å²) in [6.45, 7) is 2.77. The number of aromatic nitrogens is 1. The number of halogens is 3. The largest absolute Gasteiger partial charge is 0.310 e. The van der Waals surface area contributed by atoms with Gasteiger partial charge in [0.25, 0.3) is 0 Å². The minimum absolute atomic E-state index is 0.281. The second-order valence-electron chi connectivity index (χ2n) is 4.84. The van der Waals surface area contributed by atoms with Gasteiger partial charge in [-0.1, -0.05) is 22.9 Å². The van der Waals surface area contributed by atoms with Crippen LogP contribution in [0.15, 0.2) is 41.1 Å². The molecule has 1 aromatic carbocycles. The van der Waals surface area contributed by atoms with Gasteiger partial charge in [-0.2, -0.15) is 0 Å². The third-order valence-corrected chi connectivity index (χ3v) is 3.75. The Balaban J connectivity index is 2.28. The zero-order valence-corrected chi connectivity index (χ0v) is 13.3. The van der Waals surface area contributed by atoms with Crippen LogP contribution >= 0.6 is 15.9 Å². The molecule has 2 rings (SSSR count). The quantitative estimate of drug-likeness (QED) is 0.831. The van der Waals surface area contributed by atoms with Crippen molar-refractivity contribution >= 4 is 15.9 Å². The Morgan fingerprint density at radius 2 is 2.05 bits per heavy atom. The molecule has 2 nitrogen and oxygen atoms in total. The molecule has 0 spiro atoms. The highest BCUT2D eigenvalue weighted by molar-refractivity contribution is 9.10. The zero-order chi connectivity index (χ0) is 15.2. The summed E-state index contributed by atoms with van der Waals surface area (Å²) in [5.74, 6) is -0.655. The van der Waals surface area contributed by atoms with E-state index in [1.54, 1.807) is 24.4 Å². The topological polar surface area (TPSA) is 24.9 Å². The Morgan fingerprint density at radius 1 is 1.24 bits per heavy atom. The third kappa shape index (κ3) is 4.32. The van der Waals surface area contributed by atoms with E-state index in [0.29, 0.717) is 17.5 Å². The number of nitrogens with one attached hydrogen (secondary N) is 1. The van der Waals surface area contributed by atoms with E-state index in [0.717, 1.165) is 17.4 Å². The Kier molecular flexibility index (Phi) is 5.82. The molecule has 1 N–H and O–H groups in total. The van der Waals surface area contributed by atoms with Crippen LogP contribution in [0.1, 0.15) is 30.5 Å². The van der Waals surface area contributed by atoms with Gasteiger partial charge in [0.05, 0.1) is 6.20 Å². The van der Waals surface area contributed by atoms with Crippen molar-refractivity contribution in [2.24, 2.45) is 0 Å². The third-order valence-electron chi connectivity index (χ3n) is 3.25. The highest BCUT2D eigenvalue weighted by atomic mass is 79.9. The monoisotopic (exact) mass is 354 g/mol. The molecular weight excluding hydrogens is 338 g/mol. The molecule has 0 aliphatic heterocycles. The van der Waals surface area contributed by atoms with Gasteiger partial charge in [0.15, 0.2) is 0 Å². The van der Waals surface area contributed by atoms with Gasteiger partial charge in [0.2, 0.25) is 0 Å². The molecule has 112 valence electrons. The van der Waals surface area contributed by atoms with Gasteiger partial charge in [0, 0.05) is 22.3 Å².